The van der Waals surface area contributed by atoms with E-state index in [0.717, 1.165) is 10.5 Å². The Labute approximate surface area is 214 Å². The number of esters is 1. The highest BCUT2D eigenvalue weighted by molar-refractivity contribution is 9.10. The van der Waals surface area contributed by atoms with E-state index in [0.29, 0.717) is 11.1 Å². The summed E-state index contributed by atoms with van der Waals surface area (Å²) >= 11 is 3.36. The van der Waals surface area contributed by atoms with Gasteiger partial charge < -0.3 is 13.7 Å². The van der Waals surface area contributed by atoms with E-state index in [1.807, 2.05) is 6.07 Å². The third-order valence-corrected chi connectivity index (χ3v) is 6.91. The summed E-state index contributed by atoms with van der Waals surface area (Å²) in [7, 11) is -3.10. The molecule has 12 heteroatoms. The molecule has 0 aromatic heterocycles. The van der Waals surface area contributed by atoms with Crippen molar-refractivity contribution in [1.82, 2.24) is 0 Å². The van der Waals surface area contributed by atoms with Crippen molar-refractivity contribution in [2.45, 2.75) is 11.8 Å². The summed E-state index contributed by atoms with van der Waals surface area (Å²) in [5.41, 5.74) is 1.02. The fourth-order valence-corrected chi connectivity index (χ4v) is 4.88. The molecule has 4 rings (SSSR count). The minimum atomic E-state index is -4.42. The van der Waals surface area contributed by atoms with Crippen LogP contribution in [0.2, 0.25) is 0 Å². The van der Waals surface area contributed by atoms with E-state index in [-0.39, 0.29) is 39.2 Å². The molecule has 10 nitrogen and oxygen atoms in total. The molecule has 3 aromatic carbocycles. The zero-order valence-electron chi connectivity index (χ0n) is 18.8. The van der Waals surface area contributed by atoms with Gasteiger partial charge in [0.2, 0.25) is 5.90 Å². The lowest BCUT2D eigenvalue weighted by Gasteiger charge is -2.12. The van der Waals surface area contributed by atoms with Crippen LogP contribution in [0, 0.1) is 17.0 Å². The fourth-order valence-electron chi connectivity index (χ4n) is 3.29. The minimum Gasteiger partial charge on any atom is -0.493 e. The van der Waals surface area contributed by atoms with Crippen molar-refractivity contribution < 1.29 is 31.8 Å². The Hall–Kier alpha value is -4.03. The van der Waals surface area contributed by atoms with Crippen LogP contribution in [0.5, 0.6) is 11.5 Å². The second-order valence-corrected chi connectivity index (χ2v) is 9.93. The Bertz CT molecular complexity index is 1560. The largest absolute Gasteiger partial charge is 0.493 e. The lowest BCUT2D eigenvalue weighted by Crippen LogP contribution is -2.12. The summed E-state index contributed by atoms with van der Waals surface area (Å²) in [4.78, 5) is 26.6. The van der Waals surface area contributed by atoms with E-state index in [1.54, 1.807) is 18.2 Å². The number of rotatable bonds is 7. The SMILES string of the molecule is COc1cc(C=C2N=C(c3cccc(Br)c3)OC2=O)ccc1OS(=O)(=O)c1cc([N+](=O)[O-])ccc1C. The van der Waals surface area contributed by atoms with E-state index in [9.17, 15) is 23.3 Å². The molecular formula is C24H17BrN2O8S. The molecule has 0 amide bonds. The Morgan fingerprint density at radius 3 is 2.56 bits per heavy atom. The van der Waals surface area contributed by atoms with E-state index in [2.05, 4.69) is 20.9 Å². The molecule has 0 N–H and O–H groups in total. The van der Waals surface area contributed by atoms with Crippen LogP contribution in [-0.4, -0.2) is 32.3 Å². The van der Waals surface area contributed by atoms with Crippen molar-refractivity contribution in [3.05, 3.63) is 97.6 Å². The van der Waals surface area contributed by atoms with Crippen molar-refractivity contribution in [3.63, 3.8) is 0 Å². The fraction of sp³-hybridized carbons (Fsp3) is 0.0833. The highest BCUT2D eigenvalue weighted by atomic mass is 79.9. The van der Waals surface area contributed by atoms with Crippen LogP contribution in [0.3, 0.4) is 0 Å². The quantitative estimate of drug-likeness (QED) is 0.130. The first-order chi connectivity index (χ1) is 17.1. The van der Waals surface area contributed by atoms with Crippen LogP contribution < -0.4 is 8.92 Å². The Morgan fingerprint density at radius 1 is 1.08 bits per heavy atom. The second-order valence-electron chi connectivity index (χ2n) is 7.50. The van der Waals surface area contributed by atoms with Crippen molar-refractivity contribution in [1.29, 1.82) is 0 Å². The highest BCUT2D eigenvalue weighted by Gasteiger charge is 2.26. The number of nitro groups is 1. The minimum absolute atomic E-state index is 0.0422. The molecular weight excluding hydrogens is 556 g/mol. The maximum Gasteiger partial charge on any atom is 0.363 e. The number of aliphatic imine (C=N–C) groups is 1. The number of benzene rings is 3. The Balaban J connectivity index is 1.63. The predicted octanol–water partition coefficient (Wildman–Crippen LogP) is 4.79. The molecule has 0 spiro atoms. The van der Waals surface area contributed by atoms with Crippen molar-refractivity contribution in [2.75, 3.05) is 7.11 Å². The van der Waals surface area contributed by atoms with Gasteiger partial charge in [0.05, 0.1) is 12.0 Å². The second kappa shape index (κ2) is 9.91. The molecule has 0 fully saturated rings. The summed E-state index contributed by atoms with van der Waals surface area (Å²) in [5, 5.41) is 11.1. The summed E-state index contributed by atoms with van der Waals surface area (Å²) in [6, 6.07) is 14.9. The number of ether oxygens (including phenoxy) is 2. The molecule has 0 saturated carbocycles. The average Bonchev–Trinajstić information content (AvgIpc) is 3.20. The van der Waals surface area contributed by atoms with Crippen LogP contribution in [0.1, 0.15) is 16.7 Å². The Kier molecular flexibility index (Phi) is 6.91. The van der Waals surface area contributed by atoms with Gasteiger partial charge in [-0.15, -0.1) is 0 Å². The normalized spacial score (nSPS) is 14.4. The lowest BCUT2D eigenvalue weighted by atomic mass is 10.1. The molecule has 1 aliphatic heterocycles. The first-order valence-corrected chi connectivity index (χ1v) is 12.4. The maximum atomic E-state index is 12.9. The third-order valence-electron chi connectivity index (χ3n) is 5.03. The smallest absolute Gasteiger partial charge is 0.363 e. The standard InChI is InChI=1S/C24H17BrN2O8S/c1-14-6-8-18(27(29)30)13-22(14)36(31,32)35-20-9-7-15(11-21(20)33-2)10-19-24(28)34-23(26-19)16-4-3-5-17(25)12-16/h3-13H,1-2H3. The zero-order valence-corrected chi connectivity index (χ0v) is 21.2. The number of cyclic esters (lactones) is 1. The molecule has 36 heavy (non-hydrogen) atoms. The van der Waals surface area contributed by atoms with Crippen LogP contribution in [0.4, 0.5) is 5.69 Å². The predicted molar refractivity (Wildman–Crippen MR) is 133 cm³/mol. The summed E-state index contributed by atoms with van der Waals surface area (Å²) in [5.74, 6) is -0.581. The molecule has 1 heterocycles. The van der Waals surface area contributed by atoms with Gasteiger partial charge in [-0.3, -0.25) is 10.1 Å². The zero-order chi connectivity index (χ0) is 26.0. The van der Waals surface area contributed by atoms with Crippen molar-refractivity contribution in [3.8, 4) is 11.5 Å². The van der Waals surface area contributed by atoms with E-state index < -0.39 is 21.0 Å². The lowest BCUT2D eigenvalue weighted by molar-refractivity contribution is -0.385. The molecule has 0 bridgehead atoms. The van der Waals surface area contributed by atoms with Crippen LogP contribution >= 0.6 is 15.9 Å². The Morgan fingerprint density at radius 2 is 1.86 bits per heavy atom. The van der Waals surface area contributed by atoms with Gasteiger partial charge in [-0.1, -0.05) is 34.1 Å². The van der Waals surface area contributed by atoms with Gasteiger partial charge in [-0.2, -0.15) is 8.42 Å². The molecule has 0 unspecified atom stereocenters. The molecule has 0 atom stereocenters. The maximum absolute atomic E-state index is 12.9. The number of carbonyl (C=O) groups excluding carboxylic acids is 1. The molecule has 0 saturated heterocycles. The van der Waals surface area contributed by atoms with Gasteiger partial charge >= 0.3 is 16.1 Å². The van der Waals surface area contributed by atoms with Gasteiger partial charge in [0, 0.05) is 22.2 Å². The average molecular weight is 573 g/mol. The summed E-state index contributed by atoms with van der Waals surface area (Å²) < 4.78 is 42.3. The summed E-state index contributed by atoms with van der Waals surface area (Å²) in [6.45, 7) is 1.50. The molecule has 0 radical (unpaired) electrons. The van der Waals surface area contributed by atoms with Crippen LogP contribution in [0.15, 0.2) is 80.7 Å². The number of methoxy groups -OCH3 is 1. The summed E-state index contributed by atoms with van der Waals surface area (Å²) in [6.07, 6.45) is 1.46. The molecule has 184 valence electrons. The molecule has 1 aliphatic rings. The van der Waals surface area contributed by atoms with Crippen LogP contribution in [-0.2, 0) is 19.6 Å². The number of nitro benzene ring substituents is 1. The van der Waals surface area contributed by atoms with Gasteiger partial charge in [-0.25, -0.2) is 9.79 Å². The van der Waals surface area contributed by atoms with Gasteiger partial charge in [0.15, 0.2) is 17.2 Å². The number of nitrogens with zero attached hydrogens (tertiary/aromatic N) is 2. The first-order valence-electron chi connectivity index (χ1n) is 10.2. The number of hydrogen-bond acceptors (Lipinski definition) is 9. The van der Waals surface area contributed by atoms with Gasteiger partial charge in [0.1, 0.15) is 4.90 Å². The molecule has 3 aromatic rings. The van der Waals surface area contributed by atoms with Crippen LogP contribution in [0.25, 0.3) is 6.08 Å². The number of non-ortho nitro benzene ring substituents is 1. The molecule has 0 aliphatic carbocycles. The van der Waals surface area contributed by atoms with Crippen molar-refractivity contribution >= 4 is 49.7 Å². The monoisotopic (exact) mass is 572 g/mol. The number of aryl methyl sites for hydroxylation is 1. The van der Waals surface area contributed by atoms with Gasteiger partial charge in [0.25, 0.3) is 5.69 Å². The van der Waals surface area contributed by atoms with E-state index in [1.165, 1.54) is 50.4 Å². The van der Waals surface area contributed by atoms with Gasteiger partial charge in [-0.05, 0) is 54.5 Å². The van der Waals surface area contributed by atoms with E-state index >= 15 is 0 Å². The highest BCUT2D eigenvalue weighted by Crippen LogP contribution is 2.33. The third kappa shape index (κ3) is 5.29. The van der Waals surface area contributed by atoms with E-state index in [4.69, 9.17) is 13.7 Å². The van der Waals surface area contributed by atoms with Crippen molar-refractivity contribution in [2.24, 2.45) is 4.99 Å². The first kappa shape index (κ1) is 25.1. The topological polar surface area (TPSA) is 134 Å². The number of hydrogen-bond donors (Lipinski definition) is 0. The number of halogens is 1. The number of carbonyl (C=O) groups is 1.